The molecule has 0 unspecified atom stereocenters. The number of rotatable bonds is 43. The number of unbranched alkanes of at least 4 members (excludes halogenated alkanes) is 20. The number of hydrogen-bond acceptors (Lipinski definition) is 7. The van der Waals surface area contributed by atoms with Gasteiger partial charge in [-0.2, -0.15) is 0 Å². The SMILES string of the molecule is CCCCCCCCCCCCCCCCCCOCCOCCOCCOCCOCCOCCOc1ccc(CCCCCCCC)cc1. The Morgan fingerprint density at radius 3 is 0.961 bits per heavy atom. The number of benzene rings is 1. The van der Waals surface area contributed by atoms with Gasteiger partial charge in [0.15, 0.2) is 0 Å². The summed E-state index contributed by atoms with van der Waals surface area (Å²) in [5.41, 5.74) is 1.39. The van der Waals surface area contributed by atoms with E-state index in [9.17, 15) is 0 Å². The van der Waals surface area contributed by atoms with Crippen LogP contribution in [-0.2, 0) is 34.8 Å². The molecular weight excluding hydrogens is 640 g/mol. The molecule has 0 amide bonds. The Morgan fingerprint density at radius 1 is 0.294 bits per heavy atom. The van der Waals surface area contributed by atoms with Crippen molar-refractivity contribution in [1.29, 1.82) is 0 Å². The van der Waals surface area contributed by atoms with E-state index in [0.717, 1.165) is 25.2 Å². The Bertz CT molecular complexity index is 775. The van der Waals surface area contributed by atoms with Gasteiger partial charge >= 0.3 is 0 Å². The van der Waals surface area contributed by atoms with Crippen LogP contribution in [0.3, 0.4) is 0 Å². The predicted molar refractivity (Wildman–Crippen MR) is 213 cm³/mol. The van der Waals surface area contributed by atoms with Crippen LogP contribution in [0, 0.1) is 0 Å². The van der Waals surface area contributed by atoms with E-state index < -0.39 is 0 Å². The number of aryl methyl sites for hydroxylation is 1. The second kappa shape index (κ2) is 41.5. The average molecular weight is 723 g/mol. The van der Waals surface area contributed by atoms with Gasteiger partial charge in [0.25, 0.3) is 0 Å². The molecule has 1 aromatic carbocycles. The van der Waals surface area contributed by atoms with Crippen LogP contribution in [0.25, 0.3) is 0 Å². The molecule has 0 aromatic heterocycles. The van der Waals surface area contributed by atoms with E-state index in [4.69, 9.17) is 33.2 Å². The highest BCUT2D eigenvalue weighted by Crippen LogP contribution is 2.16. The van der Waals surface area contributed by atoms with Gasteiger partial charge in [0.2, 0.25) is 0 Å². The molecule has 0 saturated heterocycles. The monoisotopic (exact) mass is 723 g/mol. The lowest BCUT2D eigenvalue weighted by Crippen LogP contribution is -2.14. The molecule has 300 valence electrons. The van der Waals surface area contributed by atoms with Gasteiger partial charge in [0, 0.05) is 6.61 Å². The van der Waals surface area contributed by atoms with Crippen molar-refractivity contribution in [2.45, 2.75) is 162 Å². The van der Waals surface area contributed by atoms with Crippen LogP contribution in [0.2, 0.25) is 0 Å². The zero-order valence-electron chi connectivity index (χ0n) is 33.6. The van der Waals surface area contributed by atoms with E-state index >= 15 is 0 Å². The molecule has 0 atom stereocenters. The van der Waals surface area contributed by atoms with Gasteiger partial charge in [-0.25, -0.2) is 0 Å². The van der Waals surface area contributed by atoms with Gasteiger partial charge in [0.05, 0.1) is 72.7 Å². The van der Waals surface area contributed by atoms with Crippen LogP contribution in [-0.4, -0.2) is 85.9 Å². The summed E-state index contributed by atoms with van der Waals surface area (Å²) >= 11 is 0. The van der Waals surface area contributed by atoms with Gasteiger partial charge in [-0.1, -0.05) is 154 Å². The molecule has 7 heteroatoms. The van der Waals surface area contributed by atoms with Crippen LogP contribution >= 0.6 is 0 Å². The van der Waals surface area contributed by atoms with E-state index in [1.54, 1.807) is 0 Å². The van der Waals surface area contributed by atoms with E-state index in [1.165, 1.54) is 140 Å². The lowest BCUT2D eigenvalue weighted by molar-refractivity contribution is -0.0179. The molecule has 0 aliphatic carbocycles. The van der Waals surface area contributed by atoms with Crippen molar-refractivity contribution in [3.63, 3.8) is 0 Å². The Morgan fingerprint density at radius 2 is 0.588 bits per heavy atom. The summed E-state index contributed by atoms with van der Waals surface area (Å²) in [6.45, 7) is 12.2. The first kappa shape index (κ1) is 47.8. The normalized spacial score (nSPS) is 11.5. The fourth-order valence-electron chi connectivity index (χ4n) is 6.03. The largest absolute Gasteiger partial charge is 0.491 e. The van der Waals surface area contributed by atoms with Crippen molar-refractivity contribution in [3.05, 3.63) is 29.8 Å². The first-order chi connectivity index (χ1) is 25.4. The highest BCUT2D eigenvalue weighted by molar-refractivity contribution is 5.27. The summed E-state index contributed by atoms with van der Waals surface area (Å²) in [5.74, 6) is 0.899. The third-order valence-electron chi connectivity index (χ3n) is 9.24. The Labute approximate surface area is 315 Å². The molecule has 51 heavy (non-hydrogen) atoms. The van der Waals surface area contributed by atoms with Crippen molar-refractivity contribution >= 4 is 0 Å². The zero-order valence-corrected chi connectivity index (χ0v) is 33.6. The molecule has 0 aliphatic rings. The number of hydrogen-bond donors (Lipinski definition) is 0. The molecule has 0 radical (unpaired) electrons. The molecular formula is C44H82O7. The van der Waals surface area contributed by atoms with Crippen molar-refractivity contribution < 1.29 is 33.2 Å². The lowest BCUT2D eigenvalue weighted by atomic mass is 10.0. The molecule has 0 spiro atoms. The minimum Gasteiger partial charge on any atom is -0.491 e. The topological polar surface area (TPSA) is 64.6 Å². The Kier molecular flexibility index (Phi) is 38.9. The zero-order chi connectivity index (χ0) is 36.4. The molecule has 0 saturated carbocycles. The second-order valence-electron chi connectivity index (χ2n) is 14.0. The maximum atomic E-state index is 5.79. The molecule has 0 N–H and O–H groups in total. The lowest BCUT2D eigenvalue weighted by Gasteiger charge is -2.09. The maximum absolute atomic E-state index is 5.79. The van der Waals surface area contributed by atoms with Crippen molar-refractivity contribution in [1.82, 2.24) is 0 Å². The summed E-state index contributed by atoms with van der Waals surface area (Å²) in [6, 6.07) is 8.49. The highest BCUT2D eigenvalue weighted by Gasteiger charge is 1.99. The van der Waals surface area contributed by atoms with Crippen LogP contribution < -0.4 is 4.74 Å². The van der Waals surface area contributed by atoms with E-state index in [-0.39, 0.29) is 0 Å². The van der Waals surface area contributed by atoms with Gasteiger partial charge in [-0.05, 0) is 37.0 Å². The van der Waals surface area contributed by atoms with Crippen molar-refractivity contribution in [2.75, 3.05) is 85.9 Å². The van der Waals surface area contributed by atoms with Crippen molar-refractivity contribution in [2.24, 2.45) is 0 Å². The van der Waals surface area contributed by atoms with Crippen molar-refractivity contribution in [3.8, 4) is 5.75 Å². The molecule has 7 nitrogen and oxygen atoms in total. The van der Waals surface area contributed by atoms with Gasteiger partial charge in [0.1, 0.15) is 12.4 Å². The number of ether oxygens (including phenoxy) is 7. The van der Waals surface area contributed by atoms with Crippen LogP contribution in [0.1, 0.15) is 161 Å². The minimum atomic E-state index is 0.540. The Hall–Kier alpha value is -1.22. The summed E-state index contributed by atoms with van der Waals surface area (Å²) in [4.78, 5) is 0. The highest BCUT2D eigenvalue weighted by atomic mass is 16.6. The molecule has 1 aromatic rings. The maximum Gasteiger partial charge on any atom is 0.119 e. The third-order valence-corrected chi connectivity index (χ3v) is 9.24. The molecule has 0 bridgehead atoms. The van der Waals surface area contributed by atoms with E-state index in [2.05, 4.69) is 38.1 Å². The fraction of sp³-hybridized carbons (Fsp3) is 0.864. The quantitative estimate of drug-likeness (QED) is 0.0622. The van der Waals surface area contributed by atoms with Gasteiger partial charge in [-0.15, -0.1) is 0 Å². The summed E-state index contributed by atoms with van der Waals surface area (Å²) < 4.78 is 39.4. The van der Waals surface area contributed by atoms with Gasteiger partial charge < -0.3 is 33.2 Å². The summed E-state index contributed by atoms with van der Waals surface area (Å²) in [5, 5.41) is 0. The predicted octanol–water partition coefficient (Wildman–Crippen LogP) is 11.3. The van der Waals surface area contributed by atoms with E-state index in [1.807, 2.05) is 0 Å². The molecule has 0 aliphatic heterocycles. The second-order valence-corrected chi connectivity index (χ2v) is 14.0. The summed E-state index contributed by atoms with van der Waals surface area (Å²) in [6.07, 6.45) is 31.4. The standard InChI is InChI=1S/C44H82O7/c1-3-5-7-9-11-12-13-14-15-16-17-18-19-20-22-24-30-45-31-32-46-33-34-47-35-36-48-37-38-49-39-40-50-41-42-51-44-28-26-43(27-29-44)25-23-21-10-8-6-4-2/h26-29H,3-25,30-42H2,1-2H3. The smallest absolute Gasteiger partial charge is 0.119 e. The van der Waals surface area contributed by atoms with E-state index in [0.29, 0.717) is 79.3 Å². The first-order valence-electron chi connectivity index (χ1n) is 21.5. The molecule has 1 rings (SSSR count). The van der Waals surface area contributed by atoms with Crippen LogP contribution in [0.4, 0.5) is 0 Å². The van der Waals surface area contributed by atoms with Gasteiger partial charge in [-0.3, -0.25) is 0 Å². The third kappa shape index (κ3) is 36.9. The summed E-state index contributed by atoms with van der Waals surface area (Å²) in [7, 11) is 0. The van der Waals surface area contributed by atoms with Crippen LogP contribution in [0.15, 0.2) is 24.3 Å². The molecule has 0 heterocycles. The van der Waals surface area contributed by atoms with Crippen LogP contribution in [0.5, 0.6) is 5.75 Å². The first-order valence-corrected chi connectivity index (χ1v) is 21.5. The Balaban J connectivity index is 1.68. The molecule has 0 fully saturated rings. The average Bonchev–Trinajstić information content (AvgIpc) is 3.15. The fourth-order valence-corrected chi connectivity index (χ4v) is 6.03. The minimum absolute atomic E-state index is 0.540.